The molecule has 0 aromatic heterocycles. The summed E-state index contributed by atoms with van der Waals surface area (Å²) in [6.07, 6.45) is 9.22. The number of hydrogen-bond donors (Lipinski definition) is 0. The van der Waals surface area contributed by atoms with Crippen molar-refractivity contribution in [2.24, 2.45) is 29.1 Å². The fraction of sp³-hybridized carbons (Fsp3) is 0.917. The molecule has 1 atom stereocenters. The van der Waals surface area contributed by atoms with Gasteiger partial charge in [-0.05, 0) is 75.0 Å². The van der Waals surface area contributed by atoms with Crippen molar-refractivity contribution in [3.05, 3.63) is 0 Å². The Bertz CT molecular complexity index is 617. The molecule has 2 aliphatic heterocycles. The molecule has 5 heteroatoms. The quantitative estimate of drug-likeness (QED) is 0.727. The maximum Gasteiger partial charge on any atom is 0.245 e. The molecule has 6 aliphatic rings. The summed E-state index contributed by atoms with van der Waals surface area (Å²) < 4.78 is 0. The lowest BCUT2D eigenvalue weighted by atomic mass is 9.49. The molecule has 6 fully saturated rings. The largest absolute Gasteiger partial charge is 0.338 e. The molecule has 5 nitrogen and oxygen atoms in total. The van der Waals surface area contributed by atoms with Crippen LogP contribution in [0.3, 0.4) is 0 Å². The van der Waals surface area contributed by atoms with Crippen molar-refractivity contribution in [2.75, 3.05) is 39.3 Å². The van der Waals surface area contributed by atoms with E-state index in [0.29, 0.717) is 11.8 Å². The minimum Gasteiger partial charge on any atom is -0.338 e. The van der Waals surface area contributed by atoms with Crippen LogP contribution in [0.1, 0.15) is 65.2 Å². The Kier molecular flexibility index (Phi) is 5.16. The Morgan fingerprint density at radius 3 is 2.03 bits per heavy atom. The van der Waals surface area contributed by atoms with Gasteiger partial charge in [-0.2, -0.15) is 0 Å². The van der Waals surface area contributed by atoms with Crippen molar-refractivity contribution in [3.8, 4) is 0 Å². The minimum absolute atomic E-state index is 0.117. The molecule has 2 heterocycles. The lowest BCUT2D eigenvalue weighted by Gasteiger charge is -2.56. The van der Waals surface area contributed by atoms with E-state index in [1.54, 1.807) is 0 Å². The van der Waals surface area contributed by atoms with Crippen LogP contribution in [0.2, 0.25) is 0 Å². The molecule has 0 N–H and O–H groups in total. The first-order valence-corrected chi connectivity index (χ1v) is 12.3. The van der Waals surface area contributed by atoms with Gasteiger partial charge in [-0.15, -0.1) is 0 Å². The van der Waals surface area contributed by atoms with Crippen LogP contribution in [0.5, 0.6) is 0 Å². The van der Waals surface area contributed by atoms with Gasteiger partial charge in [0.2, 0.25) is 11.8 Å². The molecular weight excluding hydrogens is 362 g/mol. The minimum atomic E-state index is -0.188. The molecule has 2 amide bonds. The number of piperazine rings is 1. The van der Waals surface area contributed by atoms with Crippen LogP contribution in [0.4, 0.5) is 0 Å². The molecule has 4 bridgehead atoms. The second-order valence-electron chi connectivity index (χ2n) is 11.4. The number of nitrogens with zero attached hydrogens (tertiary/aromatic N) is 3. The monoisotopic (exact) mass is 401 g/mol. The first kappa shape index (κ1) is 19.8. The summed E-state index contributed by atoms with van der Waals surface area (Å²) >= 11 is 0. The van der Waals surface area contributed by atoms with E-state index in [0.717, 1.165) is 89.1 Å². The van der Waals surface area contributed by atoms with Gasteiger partial charge in [-0.1, -0.05) is 13.8 Å². The normalized spacial score (nSPS) is 39.6. The van der Waals surface area contributed by atoms with Gasteiger partial charge in [0.25, 0.3) is 0 Å². The van der Waals surface area contributed by atoms with Gasteiger partial charge in [-0.3, -0.25) is 14.5 Å². The van der Waals surface area contributed by atoms with Gasteiger partial charge >= 0.3 is 0 Å². The summed E-state index contributed by atoms with van der Waals surface area (Å²) in [7, 11) is 0. The highest BCUT2D eigenvalue weighted by Gasteiger charge is 2.57. The summed E-state index contributed by atoms with van der Waals surface area (Å²) in [4.78, 5) is 33.8. The van der Waals surface area contributed by atoms with Crippen LogP contribution in [0.25, 0.3) is 0 Å². The van der Waals surface area contributed by atoms with Crippen molar-refractivity contribution >= 4 is 11.8 Å². The molecule has 0 aromatic rings. The summed E-state index contributed by atoms with van der Waals surface area (Å²) in [5.74, 6) is 3.57. The van der Waals surface area contributed by atoms with Crippen LogP contribution >= 0.6 is 0 Å². The SMILES string of the molecule is CC(C)CN1CCN(C(=O)C2CCCN2C(=O)C23CC4CC(CC(C4)C2)C3)CC1. The zero-order valence-corrected chi connectivity index (χ0v) is 18.4. The van der Waals surface area contributed by atoms with Crippen LogP contribution in [-0.2, 0) is 9.59 Å². The van der Waals surface area contributed by atoms with Crippen LogP contribution in [0.15, 0.2) is 0 Å². The number of carbonyl (C=O) groups is 2. The Labute approximate surface area is 176 Å². The molecule has 29 heavy (non-hydrogen) atoms. The average molecular weight is 402 g/mol. The Balaban J connectivity index is 1.25. The van der Waals surface area contributed by atoms with E-state index in [1.165, 1.54) is 19.3 Å². The number of hydrogen-bond acceptors (Lipinski definition) is 3. The summed E-state index contributed by atoms with van der Waals surface area (Å²) in [6, 6.07) is -0.188. The highest BCUT2D eigenvalue weighted by atomic mass is 16.2. The topological polar surface area (TPSA) is 43.9 Å². The molecule has 0 aromatic carbocycles. The van der Waals surface area contributed by atoms with Crippen molar-refractivity contribution in [1.82, 2.24) is 14.7 Å². The van der Waals surface area contributed by atoms with Crippen molar-refractivity contribution in [1.29, 1.82) is 0 Å². The standard InChI is InChI=1S/C24H39N3O2/c1-17(2)16-25-6-8-26(9-7-25)22(28)21-4-3-5-27(21)23(29)24-13-18-10-19(14-24)12-20(11-18)15-24/h17-21H,3-16H2,1-2H3. The number of rotatable bonds is 4. The zero-order valence-electron chi connectivity index (χ0n) is 18.4. The third-order valence-electron chi connectivity index (χ3n) is 8.60. The third kappa shape index (κ3) is 3.62. The highest BCUT2D eigenvalue weighted by molar-refractivity contribution is 5.91. The Morgan fingerprint density at radius 2 is 1.48 bits per heavy atom. The zero-order chi connectivity index (χ0) is 20.2. The van der Waals surface area contributed by atoms with Crippen LogP contribution in [-0.4, -0.2) is 71.8 Å². The number of amides is 2. The predicted molar refractivity (Wildman–Crippen MR) is 113 cm³/mol. The lowest BCUT2D eigenvalue weighted by Crippen LogP contribution is -2.59. The first-order chi connectivity index (χ1) is 13.9. The maximum atomic E-state index is 13.8. The van der Waals surface area contributed by atoms with Gasteiger partial charge < -0.3 is 9.80 Å². The molecule has 0 spiro atoms. The van der Waals surface area contributed by atoms with E-state index in [2.05, 4.69) is 18.7 Å². The summed E-state index contributed by atoms with van der Waals surface area (Å²) in [5, 5.41) is 0. The van der Waals surface area contributed by atoms with Crippen LogP contribution < -0.4 is 0 Å². The van der Waals surface area contributed by atoms with E-state index in [-0.39, 0.29) is 17.4 Å². The van der Waals surface area contributed by atoms with E-state index in [1.807, 2.05) is 9.80 Å². The molecule has 1 unspecified atom stereocenters. The Morgan fingerprint density at radius 1 is 0.897 bits per heavy atom. The average Bonchev–Trinajstić information content (AvgIpc) is 3.15. The first-order valence-electron chi connectivity index (χ1n) is 12.3. The summed E-state index contributed by atoms with van der Waals surface area (Å²) in [6.45, 7) is 10.0. The van der Waals surface area contributed by atoms with E-state index in [9.17, 15) is 9.59 Å². The second kappa shape index (κ2) is 7.55. The third-order valence-corrected chi connectivity index (χ3v) is 8.60. The van der Waals surface area contributed by atoms with Gasteiger partial charge in [0, 0.05) is 39.3 Å². The van der Waals surface area contributed by atoms with E-state index >= 15 is 0 Å². The van der Waals surface area contributed by atoms with Gasteiger partial charge in [0.05, 0.1) is 5.41 Å². The lowest BCUT2D eigenvalue weighted by molar-refractivity contribution is -0.162. The highest BCUT2D eigenvalue weighted by Crippen LogP contribution is 2.60. The molecule has 6 rings (SSSR count). The Hall–Kier alpha value is -1.10. The van der Waals surface area contributed by atoms with Gasteiger partial charge in [-0.25, -0.2) is 0 Å². The predicted octanol–water partition coefficient (Wildman–Crippen LogP) is 2.99. The van der Waals surface area contributed by atoms with E-state index in [4.69, 9.17) is 0 Å². The molecule has 4 saturated carbocycles. The molecule has 162 valence electrons. The maximum absolute atomic E-state index is 13.8. The molecule has 2 saturated heterocycles. The van der Waals surface area contributed by atoms with Crippen molar-refractivity contribution in [2.45, 2.75) is 71.3 Å². The fourth-order valence-corrected chi connectivity index (χ4v) is 7.82. The van der Waals surface area contributed by atoms with Gasteiger partial charge in [0.1, 0.15) is 6.04 Å². The number of carbonyl (C=O) groups excluding carboxylic acids is 2. The molecule has 4 aliphatic carbocycles. The van der Waals surface area contributed by atoms with Gasteiger partial charge in [0.15, 0.2) is 0 Å². The number of likely N-dealkylation sites (tertiary alicyclic amines) is 1. The van der Waals surface area contributed by atoms with Crippen LogP contribution in [0, 0.1) is 29.1 Å². The summed E-state index contributed by atoms with van der Waals surface area (Å²) in [5.41, 5.74) is -0.117. The second-order valence-corrected chi connectivity index (χ2v) is 11.4. The fourth-order valence-electron chi connectivity index (χ4n) is 7.82. The smallest absolute Gasteiger partial charge is 0.245 e. The van der Waals surface area contributed by atoms with Crippen molar-refractivity contribution < 1.29 is 9.59 Å². The van der Waals surface area contributed by atoms with E-state index < -0.39 is 0 Å². The molecule has 0 radical (unpaired) electrons. The molecular formula is C24H39N3O2. The van der Waals surface area contributed by atoms with Crippen molar-refractivity contribution in [3.63, 3.8) is 0 Å².